The van der Waals surface area contributed by atoms with Gasteiger partial charge in [-0.2, -0.15) is 0 Å². The summed E-state index contributed by atoms with van der Waals surface area (Å²) >= 11 is 5.11. The Bertz CT molecular complexity index is 898. The maximum absolute atomic E-state index is 12.6. The molecule has 0 saturated carbocycles. The van der Waals surface area contributed by atoms with Gasteiger partial charge in [-0.25, -0.2) is 4.79 Å². The average Bonchev–Trinajstić information content (AvgIpc) is 2.73. The highest BCUT2D eigenvalue weighted by molar-refractivity contribution is 7.80. The van der Waals surface area contributed by atoms with E-state index >= 15 is 0 Å². The van der Waals surface area contributed by atoms with Crippen molar-refractivity contribution in [3.05, 3.63) is 41.5 Å². The predicted octanol–water partition coefficient (Wildman–Crippen LogP) is 1.96. The van der Waals surface area contributed by atoms with Crippen molar-refractivity contribution < 1.29 is 28.6 Å². The van der Waals surface area contributed by atoms with Crippen LogP contribution in [0.1, 0.15) is 18.1 Å². The summed E-state index contributed by atoms with van der Waals surface area (Å²) in [5, 5.41) is 0.135. The van der Waals surface area contributed by atoms with Crippen LogP contribution in [-0.4, -0.2) is 67.1 Å². The summed E-state index contributed by atoms with van der Waals surface area (Å²) in [5.74, 6) is -0.759. The molecule has 1 aliphatic heterocycles. The minimum absolute atomic E-state index is 0.0242. The molecule has 8 nitrogen and oxygen atoms in total. The van der Waals surface area contributed by atoms with Gasteiger partial charge in [0.25, 0.3) is 11.8 Å². The van der Waals surface area contributed by atoms with Crippen molar-refractivity contribution in [3.8, 4) is 11.5 Å². The zero-order valence-electron chi connectivity index (χ0n) is 17.4. The molecule has 0 atom stereocenters. The maximum atomic E-state index is 12.6. The molecule has 0 radical (unpaired) electrons. The Hall–Kier alpha value is -3.20. The van der Waals surface area contributed by atoms with Gasteiger partial charge in [-0.05, 0) is 49.3 Å². The van der Waals surface area contributed by atoms with E-state index in [0.717, 1.165) is 0 Å². The number of carbonyl (C=O) groups is 3. The highest BCUT2D eigenvalue weighted by Crippen LogP contribution is 2.35. The molecule has 0 unspecified atom stereocenters. The Balaban J connectivity index is 2.55. The first-order valence-corrected chi connectivity index (χ1v) is 9.57. The van der Waals surface area contributed by atoms with Crippen LogP contribution in [0.3, 0.4) is 0 Å². The molecule has 9 heteroatoms. The van der Waals surface area contributed by atoms with E-state index in [0.29, 0.717) is 35.7 Å². The summed E-state index contributed by atoms with van der Waals surface area (Å²) in [4.78, 5) is 39.2. The van der Waals surface area contributed by atoms with Crippen molar-refractivity contribution in [1.29, 1.82) is 0 Å². The van der Waals surface area contributed by atoms with Gasteiger partial charge in [-0.15, -0.1) is 6.58 Å². The zero-order valence-corrected chi connectivity index (χ0v) is 18.2. The number of hydrogen-bond donors (Lipinski definition) is 0. The Morgan fingerprint density at radius 1 is 1.17 bits per heavy atom. The van der Waals surface area contributed by atoms with Crippen LogP contribution in [0.2, 0.25) is 0 Å². The molecule has 0 N–H and O–H groups in total. The Kier molecular flexibility index (Phi) is 7.71. The molecule has 2 rings (SSSR count). The third kappa shape index (κ3) is 4.85. The summed E-state index contributed by atoms with van der Waals surface area (Å²) < 4.78 is 15.9. The average molecular weight is 432 g/mol. The van der Waals surface area contributed by atoms with E-state index in [1.807, 2.05) is 0 Å². The highest BCUT2D eigenvalue weighted by atomic mass is 32.1. The number of ether oxygens (including phenoxy) is 3. The largest absolute Gasteiger partial charge is 0.490 e. The van der Waals surface area contributed by atoms with Crippen molar-refractivity contribution in [2.75, 3.05) is 34.4 Å². The number of rotatable bonds is 8. The normalized spacial score (nSPS) is 14.0. The van der Waals surface area contributed by atoms with E-state index in [1.165, 1.54) is 37.1 Å². The Morgan fingerprint density at radius 2 is 1.80 bits per heavy atom. The molecular formula is C21H24N2O6S. The number of hydrogen-bond acceptors (Lipinski definition) is 7. The van der Waals surface area contributed by atoms with E-state index in [2.05, 4.69) is 11.3 Å². The Labute approximate surface area is 180 Å². The number of thiocarbonyl (C=S) groups is 1. The number of allylic oxidation sites excluding steroid dienone is 1. The van der Waals surface area contributed by atoms with E-state index in [9.17, 15) is 14.4 Å². The van der Waals surface area contributed by atoms with Crippen LogP contribution < -0.4 is 9.47 Å². The van der Waals surface area contributed by atoms with Crippen LogP contribution in [0.25, 0.3) is 6.08 Å². The van der Waals surface area contributed by atoms with Gasteiger partial charge in [0.05, 0.1) is 13.7 Å². The molecule has 1 fully saturated rings. The van der Waals surface area contributed by atoms with E-state index < -0.39 is 17.8 Å². The van der Waals surface area contributed by atoms with Gasteiger partial charge < -0.3 is 14.2 Å². The molecule has 2 amide bonds. The zero-order chi connectivity index (χ0) is 22.4. The first-order valence-electron chi connectivity index (χ1n) is 9.17. The molecule has 30 heavy (non-hydrogen) atoms. The molecule has 0 aromatic heterocycles. The maximum Gasteiger partial charge on any atom is 0.343 e. The number of methoxy groups -OCH3 is 1. The van der Waals surface area contributed by atoms with E-state index in [1.54, 1.807) is 25.1 Å². The lowest BCUT2D eigenvalue weighted by Crippen LogP contribution is -2.52. The fraction of sp³-hybridized carbons (Fsp3) is 0.333. The minimum atomic E-state index is -0.534. The van der Waals surface area contributed by atoms with Crippen LogP contribution >= 0.6 is 12.2 Å². The number of nitrogens with zero attached hydrogens (tertiary/aromatic N) is 2. The van der Waals surface area contributed by atoms with Crippen molar-refractivity contribution in [2.24, 2.45) is 0 Å². The molecule has 1 aromatic carbocycles. The smallest absolute Gasteiger partial charge is 0.343 e. The second kappa shape index (κ2) is 10.0. The van der Waals surface area contributed by atoms with Gasteiger partial charge in [0.2, 0.25) is 0 Å². The first kappa shape index (κ1) is 23.1. The number of carbonyl (C=O) groups excluding carboxylic acids is 3. The molecule has 0 spiro atoms. The van der Waals surface area contributed by atoms with Crippen molar-refractivity contribution >= 4 is 41.2 Å². The fourth-order valence-electron chi connectivity index (χ4n) is 2.83. The van der Waals surface area contributed by atoms with Crippen molar-refractivity contribution in [3.63, 3.8) is 0 Å². The van der Waals surface area contributed by atoms with Crippen LogP contribution in [0.15, 0.2) is 30.4 Å². The minimum Gasteiger partial charge on any atom is -0.490 e. The monoisotopic (exact) mass is 432 g/mol. The number of benzene rings is 1. The lowest BCUT2D eigenvalue weighted by molar-refractivity contribution is -0.143. The molecule has 160 valence electrons. The van der Waals surface area contributed by atoms with Gasteiger partial charge in [-0.1, -0.05) is 6.08 Å². The highest BCUT2D eigenvalue weighted by Gasteiger charge is 2.35. The molecular weight excluding hydrogens is 408 g/mol. The molecule has 1 heterocycles. The second-order valence-corrected chi connectivity index (χ2v) is 6.73. The van der Waals surface area contributed by atoms with Crippen LogP contribution in [-0.2, 0) is 25.5 Å². The number of esters is 1. The van der Waals surface area contributed by atoms with Crippen molar-refractivity contribution in [1.82, 2.24) is 9.80 Å². The molecule has 1 aliphatic rings. The van der Waals surface area contributed by atoms with Gasteiger partial charge >= 0.3 is 5.97 Å². The SMILES string of the molecule is C=CCc1cc(C=C2C(=O)N(C)C(=S)N(C)C2=O)cc(OCC)c1OCC(=O)OC. The molecule has 1 aromatic rings. The quantitative estimate of drug-likeness (QED) is 0.204. The van der Waals surface area contributed by atoms with Gasteiger partial charge in [0, 0.05) is 19.7 Å². The second-order valence-electron chi connectivity index (χ2n) is 6.37. The van der Waals surface area contributed by atoms with Gasteiger partial charge in [0.1, 0.15) is 5.57 Å². The van der Waals surface area contributed by atoms with Gasteiger partial charge in [0.15, 0.2) is 23.2 Å². The number of amides is 2. The summed E-state index contributed by atoms with van der Waals surface area (Å²) in [5.41, 5.74) is 1.22. The lowest BCUT2D eigenvalue weighted by atomic mass is 10.0. The third-order valence-electron chi connectivity index (χ3n) is 4.34. The summed E-state index contributed by atoms with van der Waals surface area (Å²) in [6.45, 7) is 5.61. The molecule has 0 bridgehead atoms. The standard InChI is InChI=1S/C21H24N2O6S/c1-6-8-14-9-13(10-15-19(25)22(3)21(30)23(4)20(15)26)11-16(28-7-2)18(14)29-12-17(24)27-5/h6,9-11H,1,7-8,12H2,2-5H3. The van der Waals surface area contributed by atoms with E-state index in [-0.39, 0.29) is 17.3 Å². The topological polar surface area (TPSA) is 85.4 Å². The van der Waals surface area contributed by atoms with Gasteiger partial charge in [-0.3, -0.25) is 19.4 Å². The molecule has 0 aliphatic carbocycles. The van der Waals surface area contributed by atoms with Crippen LogP contribution in [0.4, 0.5) is 0 Å². The predicted molar refractivity (Wildman–Crippen MR) is 115 cm³/mol. The summed E-state index contributed by atoms with van der Waals surface area (Å²) in [7, 11) is 4.30. The summed E-state index contributed by atoms with van der Waals surface area (Å²) in [6.07, 6.45) is 3.57. The third-order valence-corrected chi connectivity index (χ3v) is 4.88. The molecule has 1 saturated heterocycles. The fourth-order valence-corrected chi connectivity index (χ4v) is 3.00. The number of likely N-dealkylation sites (N-methyl/N-ethyl adjacent to an activating group) is 2. The summed E-state index contributed by atoms with van der Waals surface area (Å²) in [6, 6.07) is 3.39. The lowest BCUT2D eigenvalue weighted by Gasteiger charge is -2.31. The van der Waals surface area contributed by atoms with Crippen LogP contribution in [0.5, 0.6) is 11.5 Å². The first-order chi connectivity index (χ1) is 14.2. The van der Waals surface area contributed by atoms with E-state index in [4.69, 9.17) is 21.7 Å². The van der Waals surface area contributed by atoms with Crippen LogP contribution in [0, 0.1) is 0 Å². The Morgan fingerprint density at radius 3 is 2.33 bits per heavy atom. The van der Waals surface area contributed by atoms with Crippen molar-refractivity contribution in [2.45, 2.75) is 13.3 Å².